The second-order valence-corrected chi connectivity index (χ2v) is 7.57. The summed E-state index contributed by atoms with van der Waals surface area (Å²) in [4.78, 5) is 20.0. The van der Waals surface area contributed by atoms with Crippen LogP contribution in [0.5, 0.6) is 0 Å². The molecule has 0 atom stereocenters. The predicted octanol–water partition coefficient (Wildman–Crippen LogP) is 1.82. The first-order valence-corrected chi connectivity index (χ1v) is 8.80. The highest BCUT2D eigenvalue weighted by Crippen LogP contribution is 2.32. The summed E-state index contributed by atoms with van der Waals surface area (Å²) in [6, 6.07) is 0. The lowest BCUT2D eigenvalue weighted by molar-refractivity contribution is 0.103. The minimum absolute atomic E-state index is 0.0697. The number of thiophene rings is 1. The van der Waals surface area contributed by atoms with Gasteiger partial charge in [-0.1, -0.05) is 0 Å². The van der Waals surface area contributed by atoms with Gasteiger partial charge >= 0.3 is 6.09 Å². The van der Waals surface area contributed by atoms with Crippen LogP contribution in [0.4, 0.5) is 4.79 Å². The lowest BCUT2D eigenvalue weighted by Crippen LogP contribution is -2.40. The Bertz CT molecular complexity index is 840. The summed E-state index contributed by atoms with van der Waals surface area (Å²) in [5.41, 5.74) is 0.871. The molecule has 7 nitrogen and oxygen atoms in total. The number of amides is 1. The predicted molar refractivity (Wildman–Crippen MR) is 91.0 cm³/mol. The Balaban J connectivity index is 2.05. The molecule has 3 rings (SSSR count). The number of nitrogens with one attached hydrogen (secondary N) is 1. The van der Waals surface area contributed by atoms with Crippen LogP contribution in [-0.2, 0) is 23.2 Å². The smallest absolute Gasteiger partial charge is 0.410 e. The molecule has 1 aliphatic heterocycles. The van der Waals surface area contributed by atoms with Crippen LogP contribution in [-0.4, -0.2) is 45.4 Å². The molecule has 0 fully saturated rings. The summed E-state index contributed by atoms with van der Waals surface area (Å²) in [6.07, 6.45) is 2.01. The summed E-state index contributed by atoms with van der Waals surface area (Å²) < 4.78 is 6.79. The molecule has 1 aliphatic rings. The van der Waals surface area contributed by atoms with E-state index in [-0.39, 0.29) is 12.7 Å². The van der Waals surface area contributed by atoms with Crippen LogP contribution in [0.25, 0.3) is 10.2 Å². The Labute approximate surface area is 144 Å². The summed E-state index contributed by atoms with van der Waals surface area (Å²) >= 11 is 1.52. The Hall–Kier alpha value is -1.93. The van der Waals surface area contributed by atoms with E-state index in [1.165, 1.54) is 11.3 Å². The van der Waals surface area contributed by atoms with Gasteiger partial charge < -0.3 is 19.3 Å². The zero-order chi connectivity index (χ0) is 17.5. The third kappa shape index (κ3) is 2.69. The number of hydrogen-bond donors (Lipinski definition) is 2. The second-order valence-electron chi connectivity index (χ2n) is 6.49. The normalized spacial score (nSPS) is 14.8. The monoisotopic (exact) mass is 350 g/mol. The van der Waals surface area contributed by atoms with E-state index in [9.17, 15) is 9.90 Å². The fourth-order valence-corrected chi connectivity index (χ4v) is 4.12. The van der Waals surface area contributed by atoms with E-state index in [1.807, 2.05) is 13.8 Å². The van der Waals surface area contributed by atoms with Crippen molar-refractivity contribution in [3.8, 4) is 0 Å². The molecule has 0 spiro atoms. The molecular formula is C16H22N4O3S. The molecule has 0 saturated carbocycles. The highest BCUT2D eigenvalue weighted by Gasteiger charge is 2.28. The Morgan fingerprint density at radius 1 is 1.54 bits per heavy atom. The van der Waals surface area contributed by atoms with Crippen molar-refractivity contribution in [1.82, 2.24) is 14.5 Å². The van der Waals surface area contributed by atoms with Gasteiger partial charge in [-0.3, -0.25) is 5.41 Å². The zero-order valence-corrected chi connectivity index (χ0v) is 14.9. The molecule has 8 heteroatoms. The number of aliphatic hydroxyl groups is 1. The van der Waals surface area contributed by atoms with Crippen molar-refractivity contribution in [2.45, 2.75) is 39.3 Å². The highest BCUT2D eigenvalue weighted by molar-refractivity contribution is 7.18. The zero-order valence-electron chi connectivity index (χ0n) is 14.1. The van der Waals surface area contributed by atoms with Crippen LogP contribution >= 0.6 is 11.3 Å². The molecule has 0 radical (unpaired) electrons. The fraction of sp³-hybridized carbons (Fsp3) is 0.562. The van der Waals surface area contributed by atoms with Gasteiger partial charge in [0, 0.05) is 11.4 Å². The molecule has 0 unspecified atom stereocenters. The van der Waals surface area contributed by atoms with E-state index < -0.39 is 5.54 Å². The van der Waals surface area contributed by atoms with Gasteiger partial charge in [0.2, 0.25) is 0 Å². The van der Waals surface area contributed by atoms with Crippen LogP contribution < -0.4 is 5.49 Å². The molecule has 0 saturated heterocycles. The Morgan fingerprint density at radius 2 is 2.29 bits per heavy atom. The van der Waals surface area contributed by atoms with Crippen molar-refractivity contribution < 1.29 is 14.6 Å². The molecule has 3 heterocycles. The van der Waals surface area contributed by atoms with Crippen molar-refractivity contribution >= 4 is 27.6 Å². The van der Waals surface area contributed by atoms with E-state index in [1.54, 1.807) is 22.7 Å². The molecule has 0 aliphatic carbocycles. The summed E-state index contributed by atoms with van der Waals surface area (Å²) in [7, 11) is 0. The summed E-state index contributed by atoms with van der Waals surface area (Å²) in [5, 5.41) is 19.0. The van der Waals surface area contributed by atoms with Gasteiger partial charge in [0.25, 0.3) is 0 Å². The first-order chi connectivity index (χ1) is 11.4. The number of aromatic nitrogens is 2. The maximum absolute atomic E-state index is 11.9. The second kappa shape index (κ2) is 6.18. The number of carbonyl (C=O) groups is 1. The highest BCUT2D eigenvalue weighted by atomic mass is 32.1. The average molecular weight is 350 g/mol. The standard InChI is InChI=1S/C16H22N4O3S/c1-4-23-15(22)19-6-5-10-11(7-19)24-14-12(10)13(17)20(9-18-14)16(2,3)8-21/h9,17,21H,4-8H2,1-3H3. The molecule has 130 valence electrons. The van der Waals surface area contributed by atoms with Gasteiger partial charge in [-0.25, -0.2) is 9.78 Å². The van der Waals surface area contributed by atoms with Crippen molar-refractivity contribution in [3.63, 3.8) is 0 Å². The maximum Gasteiger partial charge on any atom is 0.410 e. The topological polar surface area (TPSA) is 91.4 Å². The summed E-state index contributed by atoms with van der Waals surface area (Å²) in [5.74, 6) is 0. The summed E-state index contributed by atoms with van der Waals surface area (Å²) in [6.45, 7) is 6.92. The fourth-order valence-electron chi connectivity index (χ4n) is 2.92. The van der Waals surface area contributed by atoms with Crippen LogP contribution in [0.2, 0.25) is 0 Å². The van der Waals surface area contributed by atoms with Crippen LogP contribution in [0, 0.1) is 5.41 Å². The molecule has 0 aromatic carbocycles. The molecule has 0 bridgehead atoms. The van der Waals surface area contributed by atoms with E-state index in [4.69, 9.17) is 10.1 Å². The average Bonchev–Trinajstić information content (AvgIpc) is 2.93. The van der Waals surface area contributed by atoms with Crippen LogP contribution in [0.1, 0.15) is 31.2 Å². The van der Waals surface area contributed by atoms with Gasteiger partial charge in [-0.15, -0.1) is 11.3 Å². The molecular weight excluding hydrogens is 328 g/mol. The molecule has 2 aromatic heterocycles. The molecule has 2 aromatic rings. The Kier molecular flexibility index (Phi) is 4.35. The SMILES string of the molecule is CCOC(=O)N1CCc2c(sc3ncn(C(C)(C)CO)c(=N)c23)C1. The van der Waals surface area contributed by atoms with Gasteiger partial charge in [-0.2, -0.15) is 0 Å². The van der Waals surface area contributed by atoms with E-state index in [0.29, 0.717) is 31.6 Å². The minimum atomic E-state index is -0.585. The van der Waals surface area contributed by atoms with E-state index in [0.717, 1.165) is 20.7 Å². The van der Waals surface area contributed by atoms with Crippen molar-refractivity contribution in [1.29, 1.82) is 5.41 Å². The van der Waals surface area contributed by atoms with Crippen LogP contribution in [0.3, 0.4) is 0 Å². The number of rotatable bonds is 3. The lowest BCUT2D eigenvalue weighted by Gasteiger charge is -2.27. The number of carbonyl (C=O) groups excluding carboxylic acids is 1. The first kappa shape index (κ1) is 16.9. The van der Waals surface area contributed by atoms with Gasteiger partial charge in [0.15, 0.2) is 0 Å². The van der Waals surface area contributed by atoms with Gasteiger partial charge in [0.1, 0.15) is 10.3 Å². The number of hydrogen-bond acceptors (Lipinski definition) is 6. The lowest BCUT2D eigenvalue weighted by atomic mass is 10.0. The minimum Gasteiger partial charge on any atom is -0.450 e. The van der Waals surface area contributed by atoms with E-state index in [2.05, 4.69) is 4.98 Å². The number of ether oxygens (including phenoxy) is 1. The quantitative estimate of drug-likeness (QED) is 0.883. The molecule has 1 amide bonds. The van der Waals surface area contributed by atoms with Crippen molar-refractivity contribution in [3.05, 3.63) is 22.3 Å². The molecule has 24 heavy (non-hydrogen) atoms. The third-order valence-electron chi connectivity index (χ3n) is 4.37. The number of fused-ring (bicyclic) bond motifs is 3. The maximum atomic E-state index is 11.9. The third-order valence-corrected chi connectivity index (χ3v) is 5.50. The van der Waals surface area contributed by atoms with E-state index >= 15 is 0 Å². The van der Waals surface area contributed by atoms with Crippen molar-refractivity contribution in [2.24, 2.45) is 0 Å². The van der Waals surface area contributed by atoms with Crippen molar-refractivity contribution in [2.75, 3.05) is 19.8 Å². The Morgan fingerprint density at radius 3 is 2.96 bits per heavy atom. The van der Waals surface area contributed by atoms with Gasteiger partial charge in [-0.05, 0) is 32.8 Å². The van der Waals surface area contributed by atoms with Crippen LogP contribution in [0.15, 0.2) is 6.33 Å². The number of nitrogens with zero attached hydrogens (tertiary/aromatic N) is 3. The molecule has 2 N–H and O–H groups in total. The van der Waals surface area contributed by atoms with Gasteiger partial charge in [0.05, 0.1) is 37.0 Å². The first-order valence-electron chi connectivity index (χ1n) is 7.98. The largest absolute Gasteiger partial charge is 0.450 e. The number of aliphatic hydroxyl groups excluding tert-OH is 1.